The molecule has 0 aliphatic rings. The minimum Gasteiger partial charge on any atom is -0.490 e. The first kappa shape index (κ1) is 14.8. The molecule has 21 heavy (non-hydrogen) atoms. The molecule has 1 aromatic carbocycles. The quantitative estimate of drug-likeness (QED) is 0.670. The third-order valence-corrected chi connectivity index (χ3v) is 3.08. The minimum atomic E-state index is -0.492. The molecule has 7 nitrogen and oxygen atoms in total. The molecule has 1 aromatic heterocycles. The van der Waals surface area contributed by atoms with Crippen molar-refractivity contribution in [1.82, 2.24) is 5.16 Å². The molecular weight excluding hydrogens is 274 g/mol. The van der Waals surface area contributed by atoms with E-state index >= 15 is 0 Å². The predicted octanol–water partition coefficient (Wildman–Crippen LogP) is 3.04. The van der Waals surface area contributed by atoms with E-state index in [4.69, 9.17) is 15.0 Å². The zero-order valence-corrected chi connectivity index (χ0v) is 12.1. The molecule has 2 aromatic rings. The van der Waals surface area contributed by atoms with E-state index in [9.17, 15) is 10.1 Å². The van der Waals surface area contributed by atoms with Gasteiger partial charge in [0.25, 0.3) is 0 Å². The van der Waals surface area contributed by atoms with E-state index < -0.39 is 4.92 Å². The summed E-state index contributed by atoms with van der Waals surface area (Å²) in [5.41, 5.74) is 7.42. The molecule has 2 N–H and O–H groups in total. The number of ether oxygens (including phenoxy) is 1. The molecule has 0 atom stereocenters. The Bertz CT molecular complexity index is 664. The second-order valence-electron chi connectivity index (χ2n) is 5.09. The lowest BCUT2D eigenvalue weighted by Gasteiger charge is -2.09. The fourth-order valence-corrected chi connectivity index (χ4v) is 2.21. The summed E-state index contributed by atoms with van der Waals surface area (Å²) in [7, 11) is 1.39. The molecule has 0 radical (unpaired) electrons. The Kier molecular flexibility index (Phi) is 4.11. The summed E-state index contributed by atoms with van der Waals surface area (Å²) in [6.07, 6.45) is 0.663. The zero-order valence-electron chi connectivity index (χ0n) is 12.1. The number of hydrogen-bond donors (Lipinski definition) is 1. The molecular formula is C14H17N3O4. The van der Waals surface area contributed by atoms with Gasteiger partial charge in [-0.1, -0.05) is 25.1 Å². The van der Waals surface area contributed by atoms with Crippen LogP contribution in [0, 0.1) is 16.0 Å². The van der Waals surface area contributed by atoms with Crippen molar-refractivity contribution in [2.45, 2.75) is 20.3 Å². The topological polar surface area (TPSA) is 104 Å². The Morgan fingerprint density at radius 1 is 1.48 bits per heavy atom. The molecule has 0 fully saturated rings. The van der Waals surface area contributed by atoms with Crippen molar-refractivity contribution in [3.63, 3.8) is 0 Å². The minimum absolute atomic E-state index is 0.118. The van der Waals surface area contributed by atoms with Gasteiger partial charge in [-0.2, -0.15) is 0 Å². The standard InChI is InChI=1S/C14H17N3O4/c1-8(2)7-10-12(16-21-14(10)15)9-5-4-6-11(17(18)19)13(9)20-3/h4-6,8H,7,15H2,1-3H3. The first-order valence-electron chi connectivity index (χ1n) is 6.51. The Morgan fingerprint density at radius 2 is 2.19 bits per heavy atom. The average molecular weight is 291 g/mol. The van der Waals surface area contributed by atoms with Gasteiger partial charge in [-0.15, -0.1) is 0 Å². The number of para-hydroxylation sites is 1. The Labute approximate surface area is 121 Å². The first-order valence-corrected chi connectivity index (χ1v) is 6.51. The number of hydrogen-bond acceptors (Lipinski definition) is 6. The van der Waals surface area contributed by atoms with Gasteiger partial charge in [-0.25, -0.2) is 0 Å². The Balaban J connectivity index is 2.62. The highest BCUT2D eigenvalue weighted by Gasteiger charge is 2.24. The van der Waals surface area contributed by atoms with Gasteiger partial charge < -0.3 is 15.0 Å². The predicted molar refractivity (Wildman–Crippen MR) is 78.1 cm³/mol. The third-order valence-electron chi connectivity index (χ3n) is 3.08. The van der Waals surface area contributed by atoms with Crippen LogP contribution in [0.4, 0.5) is 11.6 Å². The lowest BCUT2D eigenvalue weighted by molar-refractivity contribution is -0.385. The molecule has 1 heterocycles. The Morgan fingerprint density at radius 3 is 2.76 bits per heavy atom. The number of nitro groups is 1. The van der Waals surface area contributed by atoms with Gasteiger partial charge in [-0.05, 0) is 18.4 Å². The summed E-state index contributed by atoms with van der Waals surface area (Å²) in [5, 5.41) is 15.0. The maximum absolute atomic E-state index is 11.1. The fraction of sp³-hybridized carbons (Fsp3) is 0.357. The van der Waals surface area contributed by atoms with Crippen LogP contribution in [-0.2, 0) is 6.42 Å². The summed E-state index contributed by atoms with van der Waals surface area (Å²) >= 11 is 0. The number of nitrogens with zero attached hydrogens (tertiary/aromatic N) is 2. The van der Waals surface area contributed by atoms with Crippen molar-refractivity contribution in [2.75, 3.05) is 12.8 Å². The maximum Gasteiger partial charge on any atom is 0.311 e. The largest absolute Gasteiger partial charge is 0.490 e. The van der Waals surface area contributed by atoms with Crippen molar-refractivity contribution in [3.8, 4) is 17.0 Å². The number of rotatable bonds is 5. The maximum atomic E-state index is 11.1. The molecule has 112 valence electrons. The van der Waals surface area contributed by atoms with Crippen LogP contribution in [0.1, 0.15) is 19.4 Å². The first-order chi connectivity index (χ1) is 9.95. The number of nitrogens with two attached hydrogens (primary N) is 1. The number of anilines is 1. The van der Waals surface area contributed by atoms with Crippen molar-refractivity contribution in [3.05, 3.63) is 33.9 Å². The normalized spacial score (nSPS) is 10.9. The van der Waals surface area contributed by atoms with E-state index in [0.29, 0.717) is 23.6 Å². The van der Waals surface area contributed by atoms with Crippen LogP contribution in [0.15, 0.2) is 22.7 Å². The van der Waals surface area contributed by atoms with Crippen LogP contribution in [0.3, 0.4) is 0 Å². The van der Waals surface area contributed by atoms with Crippen LogP contribution >= 0.6 is 0 Å². The van der Waals surface area contributed by atoms with Crippen LogP contribution in [0.25, 0.3) is 11.3 Å². The van der Waals surface area contributed by atoms with Gasteiger partial charge >= 0.3 is 5.69 Å². The number of benzene rings is 1. The number of methoxy groups -OCH3 is 1. The molecule has 7 heteroatoms. The fourth-order valence-electron chi connectivity index (χ4n) is 2.21. The molecule has 0 bridgehead atoms. The summed E-state index contributed by atoms with van der Waals surface area (Å²) in [6.45, 7) is 4.09. The second-order valence-corrected chi connectivity index (χ2v) is 5.09. The van der Waals surface area contributed by atoms with Gasteiger partial charge in [0.05, 0.1) is 17.6 Å². The van der Waals surface area contributed by atoms with Crippen LogP contribution in [0.5, 0.6) is 5.75 Å². The van der Waals surface area contributed by atoms with Gasteiger partial charge in [0, 0.05) is 11.6 Å². The number of nitro benzene ring substituents is 1. The molecule has 0 aliphatic heterocycles. The zero-order chi connectivity index (χ0) is 15.6. The van der Waals surface area contributed by atoms with Crippen LogP contribution in [-0.4, -0.2) is 17.2 Å². The highest BCUT2D eigenvalue weighted by Crippen LogP contribution is 2.40. The molecule has 2 rings (SSSR count). The monoisotopic (exact) mass is 291 g/mol. The van der Waals surface area contributed by atoms with E-state index in [1.165, 1.54) is 13.2 Å². The van der Waals surface area contributed by atoms with E-state index in [1.54, 1.807) is 12.1 Å². The Hall–Kier alpha value is -2.57. The smallest absolute Gasteiger partial charge is 0.311 e. The lowest BCUT2D eigenvalue weighted by atomic mass is 9.98. The molecule has 0 spiro atoms. The van der Waals surface area contributed by atoms with Gasteiger partial charge in [0.1, 0.15) is 5.69 Å². The molecule has 0 saturated carbocycles. The van der Waals surface area contributed by atoms with E-state index in [2.05, 4.69) is 5.16 Å². The van der Waals surface area contributed by atoms with E-state index in [1.807, 2.05) is 13.8 Å². The highest BCUT2D eigenvalue weighted by atomic mass is 16.6. The molecule has 0 aliphatic carbocycles. The summed E-state index contributed by atoms with van der Waals surface area (Å²) in [5.74, 6) is 0.725. The summed E-state index contributed by atoms with van der Waals surface area (Å²) in [4.78, 5) is 10.6. The van der Waals surface area contributed by atoms with Gasteiger partial charge in [0.15, 0.2) is 0 Å². The molecule has 0 unspecified atom stereocenters. The van der Waals surface area contributed by atoms with Crippen molar-refractivity contribution in [1.29, 1.82) is 0 Å². The highest BCUT2D eigenvalue weighted by molar-refractivity contribution is 5.76. The van der Waals surface area contributed by atoms with Gasteiger partial charge in [-0.3, -0.25) is 10.1 Å². The van der Waals surface area contributed by atoms with Gasteiger partial charge in [0.2, 0.25) is 11.6 Å². The van der Waals surface area contributed by atoms with Crippen molar-refractivity contribution in [2.24, 2.45) is 5.92 Å². The van der Waals surface area contributed by atoms with Crippen molar-refractivity contribution >= 4 is 11.6 Å². The van der Waals surface area contributed by atoms with E-state index in [-0.39, 0.29) is 17.3 Å². The molecule has 0 saturated heterocycles. The number of nitrogen functional groups attached to an aromatic ring is 1. The summed E-state index contributed by atoms with van der Waals surface area (Å²) < 4.78 is 10.3. The number of aromatic nitrogens is 1. The lowest BCUT2D eigenvalue weighted by Crippen LogP contribution is -2.00. The van der Waals surface area contributed by atoms with E-state index in [0.717, 1.165) is 5.56 Å². The third kappa shape index (κ3) is 2.81. The van der Waals surface area contributed by atoms with Crippen molar-refractivity contribution < 1.29 is 14.2 Å². The second kappa shape index (κ2) is 5.82. The van der Waals surface area contributed by atoms with Crippen LogP contribution in [0.2, 0.25) is 0 Å². The average Bonchev–Trinajstić information content (AvgIpc) is 2.78. The molecule has 0 amide bonds. The van der Waals surface area contributed by atoms with Crippen LogP contribution < -0.4 is 10.5 Å². The summed E-state index contributed by atoms with van der Waals surface area (Å²) in [6, 6.07) is 4.67. The SMILES string of the molecule is COc1c(-c2noc(N)c2CC(C)C)cccc1[N+](=O)[O-].